The van der Waals surface area contributed by atoms with E-state index in [2.05, 4.69) is 11.9 Å². The van der Waals surface area contributed by atoms with Crippen molar-refractivity contribution in [2.45, 2.75) is 51.2 Å². The summed E-state index contributed by atoms with van der Waals surface area (Å²) in [6.07, 6.45) is 2.28. The molecule has 24 heavy (non-hydrogen) atoms. The lowest BCUT2D eigenvalue weighted by atomic mass is 9.86. The zero-order chi connectivity index (χ0) is 18.4. The first-order valence-electron chi connectivity index (χ1n) is 8.05. The number of hydrogen-bond acceptors (Lipinski definition) is 5. The van der Waals surface area contributed by atoms with Gasteiger partial charge in [-0.05, 0) is 39.7 Å². The minimum atomic E-state index is -0.699. The Bertz CT molecular complexity index is 490. The quantitative estimate of drug-likeness (QED) is 0.577. The average molecular weight is 340 g/mol. The fraction of sp³-hybridized carbons (Fsp3) is 0.706. The van der Waals surface area contributed by atoms with Crippen molar-refractivity contribution in [3.63, 3.8) is 0 Å². The molecule has 0 radical (unpaired) electrons. The van der Waals surface area contributed by atoms with Crippen molar-refractivity contribution < 1.29 is 23.9 Å². The highest BCUT2D eigenvalue weighted by atomic mass is 16.6. The Morgan fingerprint density at radius 2 is 1.88 bits per heavy atom. The molecule has 1 aliphatic rings. The normalized spacial score (nSPS) is 16.8. The van der Waals surface area contributed by atoms with Crippen molar-refractivity contribution >= 4 is 17.8 Å². The maximum Gasteiger partial charge on any atom is 0.308 e. The summed E-state index contributed by atoms with van der Waals surface area (Å²) in [6, 6.07) is 0. The van der Waals surface area contributed by atoms with E-state index in [1.165, 1.54) is 11.9 Å². The van der Waals surface area contributed by atoms with Gasteiger partial charge in [-0.25, -0.2) is 0 Å². The summed E-state index contributed by atoms with van der Waals surface area (Å²) >= 11 is 0. The number of carbonyl (C=O) groups excluding carboxylic acids is 3. The SMILES string of the molecule is C=CC(=O)N(C)CC(=O)NC1(CC(=O)OC(C)(C)C)CCOCC1. The molecule has 0 aromatic carbocycles. The van der Waals surface area contributed by atoms with E-state index in [1.807, 2.05) is 0 Å². The Labute approximate surface area is 143 Å². The number of likely N-dealkylation sites (N-methyl/N-ethyl adjacent to an activating group) is 1. The van der Waals surface area contributed by atoms with Crippen LogP contribution in [-0.2, 0) is 23.9 Å². The van der Waals surface area contributed by atoms with Crippen LogP contribution < -0.4 is 5.32 Å². The molecule has 1 fully saturated rings. The van der Waals surface area contributed by atoms with E-state index in [9.17, 15) is 14.4 Å². The van der Waals surface area contributed by atoms with E-state index < -0.39 is 11.1 Å². The van der Waals surface area contributed by atoms with Crippen LogP contribution in [0.5, 0.6) is 0 Å². The molecule has 1 saturated heterocycles. The Morgan fingerprint density at radius 3 is 2.38 bits per heavy atom. The van der Waals surface area contributed by atoms with Crippen molar-refractivity contribution in [1.29, 1.82) is 0 Å². The molecule has 1 rings (SSSR count). The van der Waals surface area contributed by atoms with E-state index >= 15 is 0 Å². The Balaban J connectivity index is 2.73. The van der Waals surface area contributed by atoms with Crippen molar-refractivity contribution in [2.24, 2.45) is 0 Å². The van der Waals surface area contributed by atoms with E-state index in [1.54, 1.807) is 20.8 Å². The standard InChI is InChI=1S/C17H28N2O5/c1-6-14(21)19(5)12-13(20)18-17(7-9-23-10-8-17)11-15(22)24-16(2,3)4/h6H,1,7-12H2,2-5H3,(H,18,20). The number of hydrogen-bond donors (Lipinski definition) is 1. The summed E-state index contributed by atoms with van der Waals surface area (Å²) in [4.78, 5) is 37.2. The monoisotopic (exact) mass is 340 g/mol. The van der Waals surface area contributed by atoms with Gasteiger partial charge < -0.3 is 19.7 Å². The third-order valence-corrected chi connectivity index (χ3v) is 3.69. The zero-order valence-corrected chi connectivity index (χ0v) is 15.0. The molecule has 1 aliphatic heterocycles. The van der Waals surface area contributed by atoms with E-state index in [-0.39, 0.29) is 30.7 Å². The summed E-state index contributed by atoms with van der Waals surface area (Å²) in [5, 5.41) is 2.91. The molecule has 2 amide bonds. The highest BCUT2D eigenvalue weighted by molar-refractivity contribution is 5.91. The molecule has 0 aromatic heterocycles. The molecule has 0 bridgehead atoms. The molecule has 1 heterocycles. The third-order valence-electron chi connectivity index (χ3n) is 3.69. The minimum absolute atomic E-state index is 0.0818. The first kappa shape index (κ1) is 20.2. The third kappa shape index (κ3) is 6.70. The molecular formula is C17H28N2O5. The Morgan fingerprint density at radius 1 is 1.29 bits per heavy atom. The van der Waals surface area contributed by atoms with Gasteiger partial charge in [0.05, 0.1) is 18.5 Å². The summed E-state index contributed by atoms with van der Waals surface area (Å²) in [5.74, 6) is -1.02. The van der Waals surface area contributed by atoms with Crippen molar-refractivity contribution in [3.05, 3.63) is 12.7 Å². The maximum atomic E-state index is 12.3. The van der Waals surface area contributed by atoms with Crippen molar-refractivity contribution in [1.82, 2.24) is 10.2 Å². The number of nitrogens with one attached hydrogen (secondary N) is 1. The lowest BCUT2D eigenvalue weighted by Gasteiger charge is -2.38. The Kier molecular flexibility index (Phi) is 6.95. The number of esters is 1. The number of amides is 2. The molecule has 0 spiro atoms. The van der Waals surface area contributed by atoms with Crippen LogP contribution in [0.15, 0.2) is 12.7 Å². The molecule has 0 aliphatic carbocycles. The van der Waals surface area contributed by atoms with E-state index in [0.717, 1.165) is 6.08 Å². The second-order valence-corrected chi connectivity index (χ2v) is 7.10. The van der Waals surface area contributed by atoms with Gasteiger partial charge in [0.15, 0.2) is 0 Å². The van der Waals surface area contributed by atoms with Gasteiger partial charge in [-0.1, -0.05) is 6.58 Å². The number of ether oxygens (including phenoxy) is 2. The van der Waals surface area contributed by atoms with E-state index in [4.69, 9.17) is 9.47 Å². The fourth-order valence-electron chi connectivity index (χ4n) is 2.55. The molecule has 0 unspecified atom stereocenters. The first-order chi connectivity index (χ1) is 11.1. The lowest BCUT2D eigenvalue weighted by Crippen LogP contribution is -2.55. The van der Waals surface area contributed by atoms with Gasteiger partial charge in [0.2, 0.25) is 11.8 Å². The summed E-state index contributed by atoms with van der Waals surface area (Å²) < 4.78 is 10.7. The average Bonchev–Trinajstić information content (AvgIpc) is 2.44. The van der Waals surface area contributed by atoms with Crippen LogP contribution in [0.4, 0.5) is 0 Å². The maximum absolute atomic E-state index is 12.3. The predicted octanol–water partition coefficient (Wildman–Crippen LogP) is 1.03. The first-order valence-corrected chi connectivity index (χ1v) is 8.05. The van der Waals surface area contributed by atoms with Crippen LogP contribution in [0, 0.1) is 0 Å². The zero-order valence-electron chi connectivity index (χ0n) is 15.0. The smallest absolute Gasteiger partial charge is 0.308 e. The Hall–Kier alpha value is -1.89. The van der Waals surface area contributed by atoms with Crippen LogP contribution in [0.3, 0.4) is 0 Å². The topological polar surface area (TPSA) is 84.9 Å². The molecule has 7 heteroatoms. The van der Waals surface area contributed by atoms with Gasteiger partial charge in [-0.3, -0.25) is 14.4 Å². The van der Waals surface area contributed by atoms with Crippen LogP contribution >= 0.6 is 0 Å². The van der Waals surface area contributed by atoms with Crippen molar-refractivity contribution in [3.8, 4) is 0 Å². The van der Waals surface area contributed by atoms with E-state index in [0.29, 0.717) is 26.1 Å². The molecule has 0 saturated carbocycles. The summed E-state index contributed by atoms with van der Waals surface area (Å²) in [7, 11) is 1.52. The van der Waals surface area contributed by atoms with Gasteiger partial charge in [-0.2, -0.15) is 0 Å². The number of nitrogens with zero attached hydrogens (tertiary/aromatic N) is 1. The lowest BCUT2D eigenvalue weighted by molar-refractivity contribution is -0.158. The van der Waals surface area contributed by atoms with Crippen LogP contribution in [0.2, 0.25) is 0 Å². The molecule has 136 valence electrons. The number of rotatable bonds is 6. The molecule has 7 nitrogen and oxygen atoms in total. The molecular weight excluding hydrogens is 312 g/mol. The fourth-order valence-corrected chi connectivity index (χ4v) is 2.55. The van der Waals surface area contributed by atoms with Gasteiger partial charge in [0.1, 0.15) is 5.60 Å². The van der Waals surface area contributed by atoms with Crippen LogP contribution in [0.25, 0.3) is 0 Å². The van der Waals surface area contributed by atoms with Gasteiger partial charge in [0, 0.05) is 20.3 Å². The molecule has 0 aromatic rings. The minimum Gasteiger partial charge on any atom is -0.460 e. The highest BCUT2D eigenvalue weighted by Gasteiger charge is 2.38. The molecule has 0 atom stereocenters. The molecule has 1 N–H and O–H groups in total. The van der Waals surface area contributed by atoms with Gasteiger partial charge in [-0.15, -0.1) is 0 Å². The highest BCUT2D eigenvalue weighted by Crippen LogP contribution is 2.26. The van der Waals surface area contributed by atoms with Gasteiger partial charge in [0.25, 0.3) is 0 Å². The predicted molar refractivity (Wildman–Crippen MR) is 89.2 cm³/mol. The number of carbonyl (C=O) groups is 3. The van der Waals surface area contributed by atoms with Crippen molar-refractivity contribution in [2.75, 3.05) is 26.8 Å². The van der Waals surface area contributed by atoms with Crippen LogP contribution in [-0.4, -0.2) is 60.6 Å². The summed E-state index contributed by atoms with van der Waals surface area (Å²) in [5.41, 5.74) is -1.28. The van der Waals surface area contributed by atoms with Crippen LogP contribution in [0.1, 0.15) is 40.0 Å². The second-order valence-electron chi connectivity index (χ2n) is 7.10. The van der Waals surface area contributed by atoms with Gasteiger partial charge >= 0.3 is 5.97 Å². The summed E-state index contributed by atoms with van der Waals surface area (Å²) in [6.45, 7) is 9.63. The second kappa shape index (κ2) is 8.28. The largest absolute Gasteiger partial charge is 0.460 e.